The van der Waals surface area contributed by atoms with E-state index in [0.29, 0.717) is 19.4 Å². The van der Waals surface area contributed by atoms with Gasteiger partial charge in [-0.15, -0.1) is 0 Å². The van der Waals surface area contributed by atoms with E-state index in [1.807, 2.05) is 6.08 Å². The molecule has 0 aliphatic heterocycles. The van der Waals surface area contributed by atoms with Gasteiger partial charge < -0.3 is 20.3 Å². The summed E-state index contributed by atoms with van der Waals surface area (Å²) in [6.45, 7) is 4.93. The number of rotatable bonds is 65. The zero-order chi connectivity index (χ0) is 55.7. The van der Waals surface area contributed by atoms with Gasteiger partial charge in [-0.3, -0.25) is 9.59 Å². The summed E-state index contributed by atoms with van der Waals surface area (Å²) >= 11 is 0. The van der Waals surface area contributed by atoms with Crippen molar-refractivity contribution < 1.29 is 24.5 Å². The topological polar surface area (TPSA) is 95.9 Å². The molecule has 0 aliphatic rings. The Kier molecular flexibility index (Phi) is 64.9. The molecule has 0 rings (SSSR count). The minimum atomic E-state index is -0.845. The van der Waals surface area contributed by atoms with Crippen molar-refractivity contribution in [3.05, 3.63) is 36.5 Å². The van der Waals surface area contributed by atoms with Gasteiger partial charge in [-0.05, 0) is 83.5 Å². The van der Waals surface area contributed by atoms with Crippen LogP contribution in [0.15, 0.2) is 36.5 Å². The van der Waals surface area contributed by atoms with Gasteiger partial charge in [0.2, 0.25) is 5.91 Å². The minimum Gasteiger partial charge on any atom is -0.466 e. The highest BCUT2D eigenvalue weighted by molar-refractivity contribution is 5.76. The molecule has 3 N–H and O–H groups in total. The van der Waals surface area contributed by atoms with Crippen molar-refractivity contribution in [3.63, 3.8) is 0 Å². The number of unbranched alkanes of at least 4 members (excludes halogenated alkanes) is 50. The molecule has 6 nitrogen and oxygen atoms in total. The third kappa shape index (κ3) is 63.1. The number of allylic oxidation sites excluding steroid dienone is 5. The summed E-state index contributed by atoms with van der Waals surface area (Å²) in [4.78, 5) is 24.6. The first kappa shape index (κ1) is 75.1. The first-order valence-electron chi connectivity index (χ1n) is 34.8. The summed E-state index contributed by atoms with van der Waals surface area (Å²) in [5.74, 6) is -0.0587. The van der Waals surface area contributed by atoms with Gasteiger partial charge in [0.1, 0.15) is 0 Å². The number of hydrogen-bond donors (Lipinski definition) is 3. The summed E-state index contributed by atoms with van der Waals surface area (Å²) < 4.78 is 5.49. The van der Waals surface area contributed by atoms with Crippen LogP contribution in [0.25, 0.3) is 0 Å². The number of amides is 1. The lowest BCUT2D eigenvalue weighted by Gasteiger charge is -2.20. The second kappa shape index (κ2) is 66.6. The molecule has 0 radical (unpaired) electrons. The van der Waals surface area contributed by atoms with Crippen LogP contribution in [0.2, 0.25) is 0 Å². The van der Waals surface area contributed by atoms with Crippen molar-refractivity contribution >= 4 is 11.9 Å². The van der Waals surface area contributed by atoms with Crippen molar-refractivity contribution in [2.24, 2.45) is 0 Å². The number of esters is 1. The number of hydrogen-bond acceptors (Lipinski definition) is 5. The number of aliphatic hydroxyl groups is 2. The van der Waals surface area contributed by atoms with E-state index < -0.39 is 12.1 Å². The molecule has 0 aromatic carbocycles. The summed E-state index contributed by atoms with van der Waals surface area (Å²) in [6, 6.07) is -0.629. The predicted molar refractivity (Wildman–Crippen MR) is 338 cm³/mol. The van der Waals surface area contributed by atoms with E-state index in [4.69, 9.17) is 4.74 Å². The van der Waals surface area contributed by atoms with Gasteiger partial charge in [-0.25, -0.2) is 0 Å². The monoisotopic (exact) mass is 1080 g/mol. The van der Waals surface area contributed by atoms with Crippen LogP contribution in [-0.4, -0.2) is 47.4 Å². The van der Waals surface area contributed by atoms with E-state index in [1.54, 1.807) is 6.08 Å². The molecule has 0 bridgehead atoms. The van der Waals surface area contributed by atoms with Crippen LogP contribution in [0.4, 0.5) is 0 Å². The third-order valence-electron chi connectivity index (χ3n) is 16.1. The molecule has 0 fully saturated rings. The number of nitrogens with one attached hydrogen (secondary N) is 1. The Hall–Kier alpha value is -1.92. The maximum absolute atomic E-state index is 12.5. The zero-order valence-electron chi connectivity index (χ0n) is 52.0. The predicted octanol–water partition coefficient (Wildman–Crippen LogP) is 22.3. The van der Waals surface area contributed by atoms with Gasteiger partial charge in [-0.2, -0.15) is 0 Å². The Balaban J connectivity index is 3.40. The Morgan fingerprint density at radius 1 is 0.351 bits per heavy atom. The highest BCUT2D eigenvalue weighted by Crippen LogP contribution is 2.18. The molecule has 0 heterocycles. The lowest BCUT2D eigenvalue weighted by Crippen LogP contribution is -2.45. The quantitative estimate of drug-likeness (QED) is 0.0320. The maximum atomic E-state index is 12.5. The second-order valence-corrected chi connectivity index (χ2v) is 23.9. The van der Waals surface area contributed by atoms with E-state index in [2.05, 4.69) is 43.5 Å². The summed E-state index contributed by atoms with van der Waals surface area (Å²) in [5, 5.41) is 23.2. The van der Waals surface area contributed by atoms with E-state index in [-0.39, 0.29) is 18.5 Å². The average molecular weight is 1080 g/mol. The van der Waals surface area contributed by atoms with Crippen molar-refractivity contribution in [1.29, 1.82) is 0 Å². The fraction of sp³-hybridized carbons (Fsp3) is 0.887. The third-order valence-corrected chi connectivity index (χ3v) is 16.1. The number of ether oxygens (including phenoxy) is 1. The Labute approximate surface area is 481 Å². The highest BCUT2D eigenvalue weighted by atomic mass is 16.5. The van der Waals surface area contributed by atoms with Gasteiger partial charge in [-0.1, -0.05) is 320 Å². The summed E-state index contributed by atoms with van der Waals surface area (Å²) in [5.41, 5.74) is 0. The van der Waals surface area contributed by atoms with Crippen molar-refractivity contribution in [3.8, 4) is 0 Å². The molecule has 0 spiro atoms. The molecule has 0 saturated heterocycles. The van der Waals surface area contributed by atoms with Crippen molar-refractivity contribution in [1.82, 2.24) is 5.32 Å². The van der Waals surface area contributed by atoms with Gasteiger partial charge >= 0.3 is 5.97 Å². The standard InChI is InChI=1S/C71H135NO5/c1-3-5-7-9-11-13-15-17-19-32-35-39-43-47-51-55-59-63-69(74)68(67-73)72-70(75)64-60-56-52-48-44-40-36-33-30-28-26-24-22-21-23-25-27-29-31-34-38-42-46-50-54-58-62-66-77-71(76)65-61-57-53-49-45-41-37-20-18-16-14-12-10-8-6-4-2/h20-22,37,59,63,68-69,73-74H,3-19,23-36,38-58,60-62,64-67H2,1-2H3,(H,72,75)/b22-21-,37-20-,63-59+. The van der Waals surface area contributed by atoms with Crippen LogP contribution in [0.1, 0.15) is 380 Å². The highest BCUT2D eigenvalue weighted by Gasteiger charge is 2.18. The van der Waals surface area contributed by atoms with Crippen LogP contribution < -0.4 is 5.32 Å². The van der Waals surface area contributed by atoms with Gasteiger partial charge in [0.15, 0.2) is 0 Å². The molecule has 6 heteroatoms. The van der Waals surface area contributed by atoms with Crippen molar-refractivity contribution in [2.75, 3.05) is 13.2 Å². The van der Waals surface area contributed by atoms with Crippen molar-refractivity contribution in [2.45, 2.75) is 392 Å². The average Bonchev–Trinajstić information content (AvgIpc) is 3.43. The fourth-order valence-corrected chi connectivity index (χ4v) is 10.8. The molecule has 77 heavy (non-hydrogen) atoms. The van der Waals surface area contributed by atoms with Gasteiger partial charge in [0, 0.05) is 12.8 Å². The molecule has 2 atom stereocenters. The van der Waals surface area contributed by atoms with E-state index in [9.17, 15) is 19.8 Å². The van der Waals surface area contributed by atoms with Crippen LogP contribution in [-0.2, 0) is 14.3 Å². The molecule has 0 saturated carbocycles. The largest absolute Gasteiger partial charge is 0.466 e. The Bertz CT molecular complexity index is 1250. The summed E-state index contributed by atoms with van der Waals surface area (Å²) in [7, 11) is 0. The molecule has 0 aromatic heterocycles. The van der Waals surface area contributed by atoms with E-state index >= 15 is 0 Å². The molecule has 1 amide bonds. The Morgan fingerprint density at radius 2 is 0.610 bits per heavy atom. The van der Waals surface area contributed by atoms with Crippen LogP contribution >= 0.6 is 0 Å². The second-order valence-electron chi connectivity index (χ2n) is 23.9. The molecule has 2 unspecified atom stereocenters. The summed E-state index contributed by atoms with van der Waals surface area (Å²) in [6.07, 6.45) is 85.0. The lowest BCUT2D eigenvalue weighted by molar-refractivity contribution is -0.143. The first-order chi connectivity index (χ1) is 38.0. The smallest absolute Gasteiger partial charge is 0.305 e. The molecular formula is C71H135NO5. The van der Waals surface area contributed by atoms with Crippen LogP contribution in [0.5, 0.6) is 0 Å². The van der Waals surface area contributed by atoms with Crippen LogP contribution in [0, 0.1) is 0 Å². The number of carbonyl (C=O) groups is 2. The lowest BCUT2D eigenvalue weighted by atomic mass is 10.0. The molecule has 0 aromatic rings. The number of carbonyl (C=O) groups excluding carboxylic acids is 2. The SMILES string of the molecule is CCCCCCCCC/C=C\CCCCCCCC(=O)OCCCCCCCCCCCCCC/C=C\CCCCCCCCCCCCCC(=O)NC(CO)C(O)/C=C/CCCCCCCCCCCCCCCCC. The van der Waals surface area contributed by atoms with E-state index in [1.165, 1.54) is 308 Å². The molecular weight excluding hydrogens is 947 g/mol. The maximum Gasteiger partial charge on any atom is 0.305 e. The fourth-order valence-electron chi connectivity index (χ4n) is 10.8. The van der Waals surface area contributed by atoms with E-state index in [0.717, 1.165) is 44.9 Å². The molecule has 454 valence electrons. The minimum absolute atomic E-state index is 0.00771. The number of aliphatic hydroxyl groups excluding tert-OH is 2. The van der Waals surface area contributed by atoms with Crippen LogP contribution in [0.3, 0.4) is 0 Å². The molecule has 0 aliphatic carbocycles. The zero-order valence-corrected chi connectivity index (χ0v) is 52.0. The Morgan fingerprint density at radius 3 is 0.922 bits per heavy atom. The van der Waals surface area contributed by atoms with Gasteiger partial charge in [0.25, 0.3) is 0 Å². The first-order valence-corrected chi connectivity index (χ1v) is 34.8. The van der Waals surface area contributed by atoms with Gasteiger partial charge in [0.05, 0.1) is 25.4 Å². The normalized spacial score (nSPS) is 12.7.